The van der Waals surface area contributed by atoms with E-state index in [1.165, 1.54) is 20.9 Å². The number of thiophene rings is 1. The summed E-state index contributed by atoms with van der Waals surface area (Å²) in [5.74, 6) is 5.74. The van der Waals surface area contributed by atoms with Gasteiger partial charge < -0.3 is 0 Å². The molecule has 0 aliphatic rings. The molecule has 0 bridgehead atoms. The largest absolute Gasteiger partial charge is 0.271 e. The lowest BCUT2D eigenvalue weighted by Gasteiger charge is -2.18. The number of hydrogen-bond donors (Lipinski definition) is 2. The van der Waals surface area contributed by atoms with Gasteiger partial charge in [-0.15, -0.1) is 11.3 Å². The van der Waals surface area contributed by atoms with Crippen LogP contribution in [0, 0.1) is 6.92 Å². The molecule has 19 heavy (non-hydrogen) atoms. The van der Waals surface area contributed by atoms with E-state index >= 15 is 0 Å². The lowest BCUT2D eigenvalue weighted by Crippen LogP contribution is -2.29. The molecule has 2 rings (SSSR count). The van der Waals surface area contributed by atoms with E-state index in [-0.39, 0.29) is 6.04 Å². The molecule has 1 atom stereocenters. The first-order chi connectivity index (χ1) is 9.13. The summed E-state index contributed by atoms with van der Waals surface area (Å²) < 4.78 is 1.11. The SMILES string of the molecule is CCc1ccc(CC(NN)c2ccc(Br)cc2C)s1. The molecule has 2 aromatic rings. The van der Waals surface area contributed by atoms with Gasteiger partial charge in [0.25, 0.3) is 0 Å². The molecule has 0 saturated heterocycles. The molecule has 1 heterocycles. The van der Waals surface area contributed by atoms with Crippen molar-refractivity contribution in [1.82, 2.24) is 5.43 Å². The Morgan fingerprint density at radius 2 is 2.00 bits per heavy atom. The van der Waals surface area contributed by atoms with Crippen molar-refractivity contribution in [1.29, 1.82) is 0 Å². The van der Waals surface area contributed by atoms with Gasteiger partial charge in [-0.05, 0) is 48.7 Å². The van der Waals surface area contributed by atoms with Gasteiger partial charge in [-0.25, -0.2) is 0 Å². The number of halogens is 1. The summed E-state index contributed by atoms with van der Waals surface area (Å²) in [5, 5.41) is 0. The summed E-state index contributed by atoms with van der Waals surface area (Å²) >= 11 is 5.37. The maximum atomic E-state index is 5.74. The van der Waals surface area contributed by atoms with E-state index in [4.69, 9.17) is 5.84 Å². The lowest BCUT2D eigenvalue weighted by atomic mass is 9.99. The van der Waals surface area contributed by atoms with Crippen LogP contribution in [-0.4, -0.2) is 0 Å². The third-order valence-electron chi connectivity index (χ3n) is 3.28. The van der Waals surface area contributed by atoms with Crippen molar-refractivity contribution in [3.63, 3.8) is 0 Å². The molecule has 0 aliphatic heterocycles. The molecule has 3 N–H and O–H groups in total. The molecule has 0 amide bonds. The van der Waals surface area contributed by atoms with Crippen molar-refractivity contribution in [3.05, 3.63) is 55.7 Å². The molecule has 0 fully saturated rings. The number of aryl methyl sites for hydroxylation is 2. The van der Waals surface area contributed by atoms with Crippen LogP contribution in [0.3, 0.4) is 0 Å². The normalized spacial score (nSPS) is 12.6. The van der Waals surface area contributed by atoms with Crippen LogP contribution in [0.4, 0.5) is 0 Å². The van der Waals surface area contributed by atoms with E-state index < -0.39 is 0 Å². The maximum absolute atomic E-state index is 5.74. The van der Waals surface area contributed by atoms with E-state index in [1.807, 2.05) is 11.3 Å². The zero-order chi connectivity index (χ0) is 13.8. The van der Waals surface area contributed by atoms with Gasteiger partial charge in [-0.3, -0.25) is 11.3 Å². The first kappa shape index (κ1) is 14.7. The molecule has 0 spiro atoms. The summed E-state index contributed by atoms with van der Waals surface area (Å²) in [6.45, 7) is 4.31. The Morgan fingerprint density at radius 3 is 2.58 bits per heavy atom. The van der Waals surface area contributed by atoms with Crippen molar-refractivity contribution >= 4 is 27.3 Å². The molecule has 2 nitrogen and oxygen atoms in total. The standard InChI is InChI=1S/C15H19BrN2S/c1-3-12-5-6-13(19-12)9-15(18-17)14-7-4-11(16)8-10(14)2/h4-8,15,18H,3,9,17H2,1-2H3. The van der Waals surface area contributed by atoms with E-state index in [0.29, 0.717) is 0 Å². The summed E-state index contributed by atoms with van der Waals surface area (Å²) in [4.78, 5) is 2.81. The Hall–Kier alpha value is -0.680. The van der Waals surface area contributed by atoms with Gasteiger partial charge in [-0.2, -0.15) is 0 Å². The lowest BCUT2D eigenvalue weighted by molar-refractivity contribution is 0.553. The Balaban J connectivity index is 2.19. The Labute approximate surface area is 127 Å². The van der Waals surface area contributed by atoms with Crippen LogP contribution in [0.15, 0.2) is 34.8 Å². The van der Waals surface area contributed by atoms with Crippen LogP contribution in [0.25, 0.3) is 0 Å². The number of rotatable bonds is 5. The fourth-order valence-corrected chi connectivity index (χ4v) is 3.69. The highest BCUT2D eigenvalue weighted by molar-refractivity contribution is 9.10. The van der Waals surface area contributed by atoms with Crippen molar-refractivity contribution in [3.8, 4) is 0 Å². The smallest absolute Gasteiger partial charge is 0.0510 e. The minimum atomic E-state index is 0.163. The van der Waals surface area contributed by atoms with E-state index in [0.717, 1.165) is 17.3 Å². The topological polar surface area (TPSA) is 38.0 Å². The average Bonchev–Trinajstić information content (AvgIpc) is 2.84. The molecule has 1 aromatic carbocycles. The van der Waals surface area contributed by atoms with Gasteiger partial charge in [0.2, 0.25) is 0 Å². The summed E-state index contributed by atoms with van der Waals surface area (Å²) in [6.07, 6.45) is 2.03. The van der Waals surface area contributed by atoms with Crippen molar-refractivity contribution in [2.45, 2.75) is 32.7 Å². The first-order valence-electron chi connectivity index (χ1n) is 6.43. The summed E-state index contributed by atoms with van der Waals surface area (Å²) in [7, 11) is 0. The maximum Gasteiger partial charge on any atom is 0.0510 e. The second kappa shape index (κ2) is 6.66. The van der Waals surface area contributed by atoms with E-state index in [9.17, 15) is 0 Å². The molecular weight excluding hydrogens is 320 g/mol. The summed E-state index contributed by atoms with van der Waals surface area (Å²) in [5.41, 5.74) is 5.46. The molecular formula is C15H19BrN2S. The zero-order valence-electron chi connectivity index (χ0n) is 11.2. The minimum absolute atomic E-state index is 0.163. The molecule has 0 aliphatic carbocycles. The van der Waals surface area contributed by atoms with Gasteiger partial charge in [-0.1, -0.05) is 28.9 Å². The van der Waals surface area contributed by atoms with Crippen molar-refractivity contribution < 1.29 is 0 Å². The third kappa shape index (κ3) is 3.66. The fraction of sp³-hybridized carbons (Fsp3) is 0.333. The van der Waals surface area contributed by atoms with E-state index in [1.54, 1.807) is 0 Å². The van der Waals surface area contributed by atoms with Crippen LogP contribution in [0.1, 0.15) is 33.8 Å². The van der Waals surface area contributed by atoms with Gasteiger partial charge in [0.1, 0.15) is 0 Å². The average molecular weight is 339 g/mol. The molecule has 102 valence electrons. The van der Waals surface area contributed by atoms with Crippen molar-refractivity contribution in [2.24, 2.45) is 5.84 Å². The van der Waals surface area contributed by atoms with Gasteiger partial charge in [0, 0.05) is 20.6 Å². The quantitative estimate of drug-likeness (QED) is 0.635. The van der Waals surface area contributed by atoms with Crippen LogP contribution in [-0.2, 0) is 12.8 Å². The number of nitrogens with two attached hydrogens (primary N) is 1. The van der Waals surface area contributed by atoms with Crippen LogP contribution in [0.2, 0.25) is 0 Å². The zero-order valence-corrected chi connectivity index (χ0v) is 13.6. The highest BCUT2D eigenvalue weighted by Crippen LogP contribution is 2.27. The number of benzene rings is 1. The van der Waals surface area contributed by atoms with Crippen LogP contribution < -0.4 is 11.3 Å². The number of hydrogen-bond acceptors (Lipinski definition) is 3. The fourth-order valence-electron chi connectivity index (χ4n) is 2.21. The highest BCUT2D eigenvalue weighted by Gasteiger charge is 2.14. The second-order valence-corrected chi connectivity index (χ2v) is 6.81. The van der Waals surface area contributed by atoms with Crippen LogP contribution >= 0.6 is 27.3 Å². The highest BCUT2D eigenvalue weighted by atomic mass is 79.9. The number of hydrazine groups is 1. The second-order valence-electron chi connectivity index (χ2n) is 4.65. The van der Waals surface area contributed by atoms with Crippen LogP contribution in [0.5, 0.6) is 0 Å². The minimum Gasteiger partial charge on any atom is -0.271 e. The number of nitrogens with one attached hydrogen (secondary N) is 1. The Morgan fingerprint density at radius 1 is 1.26 bits per heavy atom. The molecule has 1 unspecified atom stereocenters. The van der Waals surface area contributed by atoms with Gasteiger partial charge >= 0.3 is 0 Å². The predicted octanol–water partition coefficient (Wildman–Crippen LogP) is 4.13. The monoisotopic (exact) mass is 338 g/mol. The predicted molar refractivity (Wildman–Crippen MR) is 86.3 cm³/mol. The van der Waals surface area contributed by atoms with E-state index in [2.05, 4.69) is 65.5 Å². The van der Waals surface area contributed by atoms with Gasteiger partial charge in [0.05, 0.1) is 6.04 Å². The molecule has 4 heteroatoms. The molecule has 0 saturated carbocycles. The third-order valence-corrected chi connectivity index (χ3v) is 5.02. The Kier molecular flexibility index (Phi) is 5.16. The molecule has 0 radical (unpaired) electrons. The summed E-state index contributed by atoms with van der Waals surface area (Å²) in [6, 6.07) is 10.9. The van der Waals surface area contributed by atoms with Gasteiger partial charge in [0.15, 0.2) is 0 Å². The molecule has 1 aromatic heterocycles. The van der Waals surface area contributed by atoms with Crippen molar-refractivity contribution in [2.75, 3.05) is 0 Å². The Bertz CT molecular complexity index is 551. The first-order valence-corrected chi connectivity index (χ1v) is 8.04.